The molecule has 2 aromatic rings. The monoisotopic (exact) mass is 270 g/mol. The summed E-state index contributed by atoms with van der Waals surface area (Å²) in [5.74, 6) is 0.342. The fourth-order valence-electron chi connectivity index (χ4n) is 2.25. The predicted molar refractivity (Wildman–Crippen MR) is 74.8 cm³/mol. The maximum absolute atomic E-state index is 12.2. The van der Waals surface area contributed by atoms with E-state index in [1.165, 1.54) is 18.5 Å². The third-order valence-electron chi connectivity index (χ3n) is 3.33. The summed E-state index contributed by atoms with van der Waals surface area (Å²) >= 11 is 0. The summed E-state index contributed by atoms with van der Waals surface area (Å²) in [6, 6.07) is 9.05. The molecule has 1 aromatic heterocycles. The molecular formula is C15H14N2O3. The highest BCUT2D eigenvalue weighted by molar-refractivity contribution is 5.92. The third kappa shape index (κ3) is 2.42. The van der Waals surface area contributed by atoms with Gasteiger partial charge >= 0.3 is 0 Å². The van der Waals surface area contributed by atoms with Gasteiger partial charge in [0.15, 0.2) is 0 Å². The van der Waals surface area contributed by atoms with Gasteiger partial charge in [-0.3, -0.25) is 9.59 Å². The van der Waals surface area contributed by atoms with E-state index in [9.17, 15) is 9.59 Å². The van der Waals surface area contributed by atoms with Crippen LogP contribution in [0.5, 0.6) is 5.75 Å². The zero-order valence-corrected chi connectivity index (χ0v) is 10.8. The highest BCUT2D eigenvalue weighted by atomic mass is 16.5. The van der Waals surface area contributed by atoms with E-state index in [1.54, 1.807) is 0 Å². The number of aromatic amines is 1. The number of rotatable bonds is 2. The highest BCUT2D eigenvalue weighted by Crippen LogP contribution is 2.27. The van der Waals surface area contributed by atoms with Gasteiger partial charge < -0.3 is 15.0 Å². The first kappa shape index (κ1) is 12.5. The van der Waals surface area contributed by atoms with Gasteiger partial charge in [-0.1, -0.05) is 18.2 Å². The molecule has 0 aliphatic carbocycles. The number of ether oxygens (including phenoxy) is 1. The molecule has 1 aromatic carbocycles. The van der Waals surface area contributed by atoms with Gasteiger partial charge in [-0.05, 0) is 18.1 Å². The fraction of sp³-hybridized carbons (Fsp3) is 0.200. The number of carbonyl (C=O) groups is 1. The number of anilines is 1. The molecule has 20 heavy (non-hydrogen) atoms. The molecule has 1 atom stereocenters. The standard InChI is InChI=1S/C15H14N2O3/c18-13-5-6-16-8-12(13)17-15(19)11-7-10-3-1-2-4-14(10)20-9-11/h1-6,8,11H,7,9H2,(H,16,18)(H,17,19)/t11-/m0/s1. The topological polar surface area (TPSA) is 71.2 Å². The quantitative estimate of drug-likeness (QED) is 0.870. The Morgan fingerprint density at radius 3 is 3.00 bits per heavy atom. The number of aromatic nitrogens is 1. The van der Waals surface area contributed by atoms with Crippen LogP contribution in [0, 0.1) is 5.92 Å². The molecule has 0 saturated carbocycles. The van der Waals surface area contributed by atoms with Crippen molar-refractivity contribution in [2.75, 3.05) is 11.9 Å². The summed E-state index contributed by atoms with van der Waals surface area (Å²) in [6.45, 7) is 0.327. The van der Waals surface area contributed by atoms with Crippen molar-refractivity contribution in [3.05, 3.63) is 58.5 Å². The van der Waals surface area contributed by atoms with Crippen molar-refractivity contribution >= 4 is 11.6 Å². The molecule has 102 valence electrons. The number of amides is 1. The number of para-hydroxylation sites is 1. The summed E-state index contributed by atoms with van der Waals surface area (Å²) in [7, 11) is 0. The van der Waals surface area contributed by atoms with E-state index >= 15 is 0 Å². The lowest BCUT2D eigenvalue weighted by Gasteiger charge is -2.24. The first-order valence-electron chi connectivity index (χ1n) is 6.43. The lowest BCUT2D eigenvalue weighted by molar-refractivity contribution is -0.121. The third-order valence-corrected chi connectivity index (χ3v) is 3.33. The molecule has 0 fully saturated rings. The van der Waals surface area contributed by atoms with Crippen LogP contribution in [0.25, 0.3) is 0 Å². The van der Waals surface area contributed by atoms with Crippen LogP contribution in [0.15, 0.2) is 47.5 Å². The second-order valence-electron chi connectivity index (χ2n) is 4.73. The number of nitrogens with one attached hydrogen (secondary N) is 2. The van der Waals surface area contributed by atoms with Crippen LogP contribution in [-0.2, 0) is 11.2 Å². The molecule has 0 bridgehead atoms. The number of fused-ring (bicyclic) bond motifs is 1. The number of pyridine rings is 1. The van der Waals surface area contributed by atoms with Gasteiger partial charge in [0.1, 0.15) is 18.0 Å². The van der Waals surface area contributed by atoms with Crippen molar-refractivity contribution in [2.24, 2.45) is 5.92 Å². The van der Waals surface area contributed by atoms with Crippen LogP contribution >= 0.6 is 0 Å². The van der Waals surface area contributed by atoms with Crippen molar-refractivity contribution < 1.29 is 9.53 Å². The van der Waals surface area contributed by atoms with Gasteiger partial charge in [0, 0.05) is 18.5 Å². The van der Waals surface area contributed by atoms with Crippen LogP contribution in [-0.4, -0.2) is 17.5 Å². The minimum Gasteiger partial charge on any atom is -0.492 e. The molecule has 3 rings (SSSR count). The van der Waals surface area contributed by atoms with Crippen LogP contribution in [0.2, 0.25) is 0 Å². The van der Waals surface area contributed by atoms with Crippen molar-refractivity contribution in [1.29, 1.82) is 0 Å². The average molecular weight is 270 g/mol. The largest absolute Gasteiger partial charge is 0.492 e. The second-order valence-corrected chi connectivity index (χ2v) is 4.73. The number of carbonyl (C=O) groups excluding carboxylic acids is 1. The van der Waals surface area contributed by atoms with Crippen molar-refractivity contribution in [2.45, 2.75) is 6.42 Å². The number of hydrogen-bond donors (Lipinski definition) is 2. The number of hydrogen-bond acceptors (Lipinski definition) is 3. The molecule has 2 heterocycles. The summed E-state index contributed by atoms with van der Waals surface area (Å²) in [5.41, 5.74) is 1.06. The predicted octanol–water partition coefficient (Wildman–Crippen LogP) is 1.56. The van der Waals surface area contributed by atoms with E-state index in [0.717, 1.165) is 11.3 Å². The van der Waals surface area contributed by atoms with E-state index < -0.39 is 0 Å². The van der Waals surface area contributed by atoms with E-state index in [-0.39, 0.29) is 22.9 Å². The highest BCUT2D eigenvalue weighted by Gasteiger charge is 2.26. The maximum Gasteiger partial charge on any atom is 0.231 e. The molecule has 0 saturated heterocycles. The van der Waals surface area contributed by atoms with Gasteiger partial charge in [0.25, 0.3) is 0 Å². The smallest absolute Gasteiger partial charge is 0.231 e. The molecule has 1 aliphatic heterocycles. The van der Waals surface area contributed by atoms with Gasteiger partial charge in [0.2, 0.25) is 11.3 Å². The van der Waals surface area contributed by atoms with Crippen molar-refractivity contribution in [1.82, 2.24) is 4.98 Å². The Morgan fingerprint density at radius 1 is 1.30 bits per heavy atom. The number of H-pyrrole nitrogens is 1. The maximum atomic E-state index is 12.2. The lowest BCUT2D eigenvalue weighted by atomic mass is 9.96. The molecule has 5 heteroatoms. The average Bonchev–Trinajstić information content (AvgIpc) is 2.49. The Kier molecular flexibility index (Phi) is 3.25. The number of benzene rings is 1. The molecule has 0 spiro atoms. The Hall–Kier alpha value is -2.56. The van der Waals surface area contributed by atoms with Gasteiger partial charge in [0.05, 0.1) is 5.92 Å². The first-order chi connectivity index (χ1) is 9.74. The van der Waals surface area contributed by atoms with Crippen LogP contribution in [0.4, 0.5) is 5.69 Å². The summed E-state index contributed by atoms with van der Waals surface area (Å²) < 4.78 is 5.58. The summed E-state index contributed by atoms with van der Waals surface area (Å²) in [6.07, 6.45) is 3.63. The molecule has 1 amide bonds. The molecule has 5 nitrogen and oxygen atoms in total. The van der Waals surface area contributed by atoms with Crippen molar-refractivity contribution in [3.8, 4) is 5.75 Å². The van der Waals surface area contributed by atoms with E-state index in [1.807, 2.05) is 24.3 Å². The van der Waals surface area contributed by atoms with Crippen LogP contribution in [0.3, 0.4) is 0 Å². The summed E-state index contributed by atoms with van der Waals surface area (Å²) in [5, 5.41) is 2.65. The van der Waals surface area contributed by atoms with Gasteiger partial charge in [-0.25, -0.2) is 0 Å². The van der Waals surface area contributed by atoms with E-state index in [4.69, 9.17) is 4.74 Å². The Morgan fingerprint density at radius 2 is 2.15 bits per heavy atom. The Balaban J connectivity index is 1.74. The molecular weight excluding hydrogens is 256 g/mol. The molecule has 0 radical (unpaired) electrons. The normalized spacial score (nSPS) is 16.9. The van der Waals surface area contributed by atoms with Crippen LogP contribution < -0.4 is 15.5 Å². The Labute approximate surface area is 115 Å². The van der Waals surface area contributed by atoms with E-state index in [0.29, 0.717) is 13.0 Å². The molecule has 0 unspecified atom stereocenters. The van der Waals surface area contributed by atoms with Crippen molar-refractivity contribution in [3.63, 3.8) is 0 Å². The lowest BCUT2D eigenvalue weighted by Crippen LogP contribution is -2.33. The minimum atomic E-state index is -0.287. The Bertz CT molecular complexity index is 693. The molecule has 2 N–H and O–H groups in total. The minimum absolute atomic E-state index is 0.198. The summed E-state index contributed by atoms with van der Waals surface area (Å²) in [4.78, 5) is 26.5. The van der Waals surface area contributed by atoms with Crippen LogP contribution in [0.1, 0.15) is 5.56 Å². The van der Waals surface area contributed by atoms with Gasteiger partial charge in [-0.15, -0.1) is 0 Å². The molecule has 1 aliphatic rings. The zero-order chi connectivity index (χ0) is 13.9. The zero-order valence-electron chi connectivity index (χ0n) is 10.8. The van der Waals surface area contributed by atoms with Gasteiger partial charge in [-0.2, -0.15) is 0 Å². The second kappa shape index (κ2) is 5.21. The van der Waals surface area contributed by atoms with E-state index in [2.05, 4.69) is 10.3 Å². The first-order valence-corrected chi connectivity index (χ1v) is 6.43. The SMILES string of the molecule is O=C(Nc1c[nH]ccc1=O)[C@@H]1COc2ccccc2C1. The fourth-order valence-corrected chi connectivity index (χ4v) is 2.25.